The number of halogens is 1. The highest BCUT2D eigenvalue weighted by atomic mass is 35.5. The van der Waals surface area contributed by atoms with E-state index in [4.69, 9.17) is 11.6 Å². The van der Waals surface area contributed by atoms with E-state index < -0.39 is 18.0 Å². The van der Waals surface area contributed by atoms with Crippen molar-refractivity contribution in [3.05, 3.63) is 29.3 Å². The molecule has 0 saturated heterocycles. The zero-order valence-electron chi connectivity index (χ0n) is 11.8. The van der Waals surface area contributed by atoms with Crippen LogP contribution in [-0.2, 0) is 9.53 Å². The Kier molecular flexibility index (Phi) is 6.31. The largest absolute Gasteiger partial charge is 0.467 e. The molecule has 0 aliphatic heterocycles. The number of carbonyl (C=O) groups excluding carboxylic acids is 2. The third-order valence-corrected chi connectivity index (χ3v) is 2.82. The Morgan fingerprint density at radius 3 is 2.60 bits per heavy atom. The highest BCUT2D eigenvalue weighted by molar-refractivity contribution is 6.30. The number of hydrogen-bond acceptors (Lipinski definition) is 3. The standard InChI is InChI=1S/C14H19ClN2O3/c1-9(2)7-12(13(18)20-3)17-14(19)16-11-6-4-5-10(15)8-11/h4-6,8-9,12H,7H2,1-3H3,(H2,16,17,19)/t12-/m0/s1. The maximum Gasteiger partial charge on any atom is 0.328 e. The van der Waals surface area contributed by atoms with Gasteiger partial charge in [-0.3, -0.25) is 0 Å². The van der Waals surface area contributed by atoms with Crippen molar-refractivity contribution in [1.82, 2.24) is 5.32 Å². The highest BCUT2D eigenvalue weighted by Gasteiger charge is 2.22. The van der Waals surface area contributed by atoms with Crippen LogP contribution in [0.5, 0.6) is 0 Å². The summed E-state index contributed by atoms with van der Waals surface area (Å²) in [5.41, 5.74) is 0.558. The van der Waals surface area contributed by atoms with Crippen molar-refractivity contribution in [2.75, 3.05) is 12.4 Å². The first-order valence-electron chi connectivity index (χ1n) is 6.33. The average molecular weight is 299 g/mol. The summed E-state index contributed by atoms with van der Waals surface area (Å²) in [5, 5.41) is 5.75. The van der Waals surface area contributed by atoms with Crippen LogP contribution in [0.2, 0.25) is 5.02 Å². The number of amides is 2. The van der Waals surface area contributed by atoms with E-state index in [-0.39, 0.29) is 5.92 Å². The summed E-state index contributed by atoms with van der Waals surface area (Å²) in [5.74, 6) is -0.203. The van der Waals surface area contributed by atoms with Crippen molar-refractivity contribution in [3.63, 3.8) is 0 Å². The van der Waals surface area contributed by atoms with Gasteiger partial charge in [-0.15, -0.1) is 0 Å². The van der Waals surface area contributed by atoms with E-state index in [1.165, 1.54) is 7.11 Å². The normalized spacial score (nSPS) is 11.8. The summed E-state index contributed by atoms with van der Waals surface area (Å²) >= 11 is 5.83. The number of ether oxygens (including phenoxy) is 1. The fourth-order valence-corrected chi connectivity index (χ4v) is 1.91. The van der Waals surface area contributed by atoms with Crippen LogP contribution in [0.25, 0.3) is 0 Å². The summed E-state index contributed by atoms with van der Waals surface area (Å²) in [6.45, 7) is 3.93. The first-order valence-corrected chi connectivity index (χ1v) is 6.71. The van der Waals surface area contributed by atoms with E-state index in [2.05, 4.69) is 15.4 Å². The Morgan fingerprint density at radius 2 is 2.05 bits per heavy atom. The Balaban J connectivity index is 2.64. The highest BCUT2D eigenvalue weighted by Crippen LogP contribution is 2.15. The molecule has 1 rings (SSSR count). The molecular weight excluding hydrogens is 280 g/mol. The summed E-state index contributed by atoms with van der Waals surface area (Å²) in [7, 11) is 1.30. The summed E-state index contributed by atoms with van der Waals surface area (Å²) in [4.78, 5) is 23.5. The summed E-state index contributed by atoms with van der Waals surface area (Å²) in [6.07, 6.45) is 0.510. The minimum absolute atomic E-state index is 0.255. The number of nitrogens with one attached hydrogen (secondary N) is 2. The predicted molar refractivity (Wildman–Crippen MR) is 78.9 cm³/mol. The Bertz CT molecular complexity index is 477. The smallest absolute Gasteiger partial charge is 0.328 e. The van der Waals surface area contributed by atoms with E-state index in [1.807, 2.05) is 13.8 Å². The molecule has 0 aromatic heterocycles. The lowest BCUT2D eigenvalue weighted by Gasteiger charge is -2.18. The van der Waals surface area contributed by atoms with Gasteiger partial charge in [0.1, 0.15) is 6.04 Å². The zero-order valence-corrected chi connectivity index (χ0v) is 12.5. The second-order valence-corrected chi connectivity index (χ2v) is 5.25. The first-order chi connectivity index (χ1) is 9.42. The number of rotatable bonds is 5. The van der Waals surface area contributed by atoms with Gasteiger partial charge in [0.25, 0.3) is 0 Å². The first kappa shape index (κ1) is 16.3. The van der Waals surface area contributed by atoms with Crippen LogP contribution in [0, 0.1) is 5.92 Å². The second kappa shape index (κ2) is 7.75. The molecule has 1 aromatic carbocycles. The number of hydrogen-bond donors (Lipinski definition) is 2. The molecule has 0 aliphatic carbocycles. The van der Waals surface area contributed by atoms with Gasteiger partial charge in [-0.05, 0) is 30.5 Å². The van der Waals surface area contributed by atoms with E-state index in [0.29, 0.717) is 17.1 Å². The average Bonchev–Trinajstić information content (AvgIpc) is 2.36. The number of anilines is 1. The fraction of sp³-hybridized carbons (Fsp3) is 0.429. The molecule has 1 atom stereocenters. The molecule has 6 heteroatoms. The van der Waals surface area contributed by atoms with E-state index in [1.54, 1.807) is 24.3 Å². The van der Waals surface area contributed by atoms with Crippen LogP contribution in [0.4, 0.5) is 10.5 Å². The molecule has 0 spiro atoms. The number of benzene rings is 1. The van der Waals surface area contributed by atoms with Crippen LogP contribution in [0.15, 0.2) is 24.3 Å². The zero-order chi connectivity index (χ0) is 15.1. The van der Waals surface area contributed by atoms with Crippen LogP contribution in [0.3, 0.4) is 0 Å². The SMILES string of the molecule is COC(=O)[C@H](CC(C)C)NC(=O)Nc1cccc(Cl)c1. The van der Waals surface area contributed by atoms with Gasteiger partial charge in [-0.2, -0.15) is 0 Å². The van der Waals surface area contributed by atoms with Crippen LogP contribution in [-0.4, -0.2) is 25.2 Å². The molecule has 2 N–H and O–H groups in total. The quantitative estimate of drug-likeness (QED) is 0.821. The molecule has 0 radical (unpaired) electrons. The molecular formula is C14H19ClN2O3. The molecule has 5 nitrogen and oxygen atoms in total. The van der Waals surface area contributed by atoms with E-state index in [0.717, 1.165) is 0 Å². The van der Waals surface area contributed by atoms with Crippen LogP contribution < -0.4 is 10.6 Å². The van der Waals surface area contributed by atoms with Crippen molar-refractivity contribution < 1.29 is 14.3 Å². The molecule has 0 saturated carbocycles. The number of carbonyl (C=O) groups is 2. The Hall–Kier alpha value is -1.75. The molecule has 0 unspecified atom stereocenters. The molecule has 2 amide bonds. The fourth-order valence-electron chi connectivity index (χ4n) is 1.72. The monoisotopic (exact) mass is 298 g/mol. The van der Waals surface area contributed by atoms with Crippen molar-refractivity contribution in [2.24, 2.45) is 5.92 Å². The van der Waals surface area contributed by atoms with Crippen LogP contribution in [0.1, 0.15) is 20.3 Å². The van der Waals surface area contributed by atoms with Crippen molar-refractivity contribution in [1.29, 1.82) is 0 Å². The molecule has 0 bridgehead atoms. The van der Waals surface area contributed by atoms with Crippen LogP contribution >= 0.6 is 11.6 Å². The van der Waals surface area contributed by atoms with E-state index >= 15 is 0 Å². The van der Waals surface area contributed by atoms with Gasteiger partial charge in [-0.1, -0.05) is 31.5 Å². The lowest BCUT2D eigenvalue weighted by atomic mass is 10.0. The third kappa shape index (κ3) is 5.48. The molecule has 110 valence electrons. The Morgan fingerprint density at radius 1 is 1.35 bits per heavy atom. The number of urea groups is 1. The molecule has 0 aliphatic rings. The predicted octanol–water partition coefficient (Wildman–Crippen LogP) is 3.05. The van der Waals surface area contributed by atoms with Gasteiger partial charge < -0.3 is 15.4 Å². The maximum atomic E-state index is 11.9. The van der Waals surface area contributed by atoms with E-state index in [9.17, 15) is 9.59 Å². The van der Waals surface area contributed by atoms with Crippen molar-refractivity contribution in [3.8, 4) is 0 Å². The van der Waals surface area contributed by atoms with Gasteiger partial charge in [0.2, 0.25) is 0 Å². The molecule has 0 fully saturated rings. The molecule has 0 heterocycles. The minimum Gasteiger partial charge on any atom is -0.467 e. The number of methoxy groups -OCH3 is 1. The van der Waals surface area contributed by atoms with Crippen molar-refractivity contribution >= 4 is 29.3 Å². The molecule has 1 aromatic rings. The molecule has 20 heavy (non-hydrogen) atoms. The van der Waals surface area contributed by atoms with Gasteiger partial charge in [0, 0.05) is 10.7 Å². The van der Waals surface area contributed by atoms with Gasteiger partial charge in [-0.25, -0.2) is 9.59 Å². The number of esters is 1. The van der Waals surface area contributed by atoms with Gasteiger partial charge in [0.15, 0.2) is 0 Å². The third-order valence-electron chi connectivity index (χ3n) is 2.58. The Labute approximate surface area is 123 Å². The van der Waals surface area contributed by atoms with Gasteiger partial charge >= 0.3 is 12.0 Å². The van der Waals surface area contributed by atoms with Gasteiger partial charge in [0.05, 0.1) is 7.11 Å². The summed E-state index contributed by atoms with van der Waals surface area (Å²) < 4.78 is 4.68. The lowest BCUT2D eigenvalue weighted by Crippen LogP contribution is -2.44. The van der Waals surface area contributed by atoms with Crippen molar-refractivity contribution in [2.45, 2.75) is 26.3 Å². The summed E-state index contributed by atoms with van der Waals surface area (Å²) in [6, 6.07) is 5.63. The lowest BCUT2D eigenvalue weighted by molar-refractivity contribution is -0.143. The topological polar surface area (TPSA) is 67.4 Å². The minimum atomic E-state index is -0.667. The second-order valence-electron chi connectivity index (χ2n) is 4.81. The maximum absolute atomic E-state index is 11.9.